The van der Waals surface area contributed by atoms with Crippen LogP contribution in [0.25, 0.3) is 22.4 Å². The maximum atomic E-state index is 12.8. The van der Waals surface area contributed by atoms with Gasteiger partial charge in [0.1, 0.15) is 12.4 Å². The van der Waals surface area contributed by atoms with Gasteiger partial charge in [0.05, 0.1) is 11.0 Å². The summed E-state index contributed by atoms with van der Waals surface area (Å²) >= 11 is 5.93. The molecule has 0 aliphatic heterocycles. The topological polar surface area (TPSA) is 46.9 Å². The number of nitrogens with zero attached hydrogens (tertiary/aromatic N) is 2. The van der Waals surface area contributed by atoms with E-state index in [1.165, 1.54) is 5.56 Å². The first-order chi connectivity index (χ1) is 14.3. The quantitative estimate of drug-likeness (QED) is 0.424. The number of hydrogen-bond donors (Lipinski definition) is 1. The number of fused-ring (bicyclic) bond motifs is 1. The zero-order valence-corrected chi connectivity index (χ0v) is 18.1. The van der Waals surface area contributed by atoms with Gasteiger partial charge < -0.3 is 9.88 Å². The van der Waals surface area contributed by atoms with Crippen molar-refractivity contribution < 1.29 is 4.79 Å². The third-order valence-electron chi connectivity index (χ3n) is 5.09. The number of aromatic nitrogens is 2. The first kappa shape index (κ1) is 20.2. The van der Waals surface area contributed by atoms with Crippen LogP contribution >= 0.6 is 11.6 Å². The van der Waals surface area contributed by atoms with E-state index in [0.717, 1.165) is 22.4 Å². The Kier molecular flexibility index (Phi) is 5.35. The Bertz CT molecular complexity index is 1190. The van der Waals surface area contributed by atoms with Crippen molar-refractivity contribution in [1.29, 1.82) is 0 Å². The summed E-state index contributed by atoms with van der Waals surface area (Å²) in [6.07, 6.45) is 0. The van der Waals surface area contributed by atoms with Gasteiger partial charge in [-0.15, -0.1) is 0 Å². The SMILES string of the molecule is CC(C)(C)c1ccc(-c2nc3ccccc3n2CC(=O)Nc2ccc(Cl)cc2)cc1. The third-order valence-corrected chi connectivity index (χ3v) is 5.35. The van der Waals surface area contributed by atoms with Crippen LogP contribution < -0.4 is 5.32 Å². The highest BCUT2D eigenvalue weighted by molar-refractivity contribution is 6.30. The molecule has 0 aliphatic rings. The molecule has 5 heteroatoms. The molecule has 30 heavy (non-hydrogen) atoms. The molecule has 0 aliphatic carbocycles. The summed E-state index contributed by atoms with van der Waals surface area (Å²) in [5.74, 6) is 0.663. The second-order valence-corrected chi connectivity index (χ2v) is 8.83. The van der Waals surface area contributed by atoms with E-state index in [0.29, 0.717) is 10.7 Å². The van der Waals surface area contributed by atoms with Crippen LogP contribution in [0.1, 0.15) is 26.3 Å². The van der Waals surface area contributed by atoms with Crippen LogP contribution in [-0.4, -0.2) is 15.5 Å². The number of hydrogen-bond acceptors (Lipinski definition) is 2. The fourth-order valence-corrected chi connectivity index (χ4v) is 3.58. The molecule has 0 fully saturated rings. The minimum atomic E-state index is -0.118. The summed E-state index contributed by atoms with van der Waals surface area (Å²) in [5, 5.41) is 3.57. The van der Waals surface area contributed by atoms with E-state index in [2.05, 4.69) is 50.4 Å². The molecule has 1 aromatic heterocycles. The summed E-state index contributed by atoms with van der Waals surface area (Å²) in [6, 6.07) is 23.4. The lowest BCUT2D eigenvalue weighted by molar-refractivity contribution is -0.116. The smallest absolute Gasteiger partial charge is 0.244 e. The highest BCUT2D eigenvalue weighted by Gasteiger charge is 2.17. The number of halogens is 1. The Labute approximate surface area is 181 Å². The molecule has 0 radical (unpaired) electrons. The molecule has 0 saturated heterocycles. The Morgan fingerprint density at radius 3 is 2.30 bits per heavy atom. The monoisotopic (exact) mass is 417 g/mol. The van der Waals surface area contributed by atoms with Crippen molar-refractivity contribution >= 4 is 34.2 Å². The number of nitrogens with one attached hydrogen (secondary N) is 1. The predicted molar refractivity (Wildman–Crippen MR) is 124 cm³/mol. The van der Waals surface area contributed by atoms with Crippen LogP contribution in [0.5, 0.6) is 0 Å². The minimum absolute atomic E-state index is 0.0805. The van der Waals surface area contributed by atoms with E-state index in [1.54, 1.807) is 24.3 Å². The van der Waals surface area contributed by atoms with Gasteiger partial charge >= 0.3 is 0 Å². The van der Waals surface area contributed by atoms with E-state index in [1.807, 2.05) is 28.8 Å². The zero-order valence-electron chi connectivity index (χ0n) is 17.3. The first-order valence-corrected chi connectivity index (χ1v) is 10.3. The van der Waals surface area contributed by atoms with Gasteiger partial charge in [0, 0.05) is 16.3 Å². The maximum absolute atomic E-state index is 12.8. The van der Waals surface area contributed by atoms with Crippen molar-refractivity contribution in [2.24, 2.45) is 0 Å². The van der Waals surface area contributed by atoms with Crippen molar-refractivity contribution in [3.05, 3.63) is 83.4 Å². The average molecular weight is 418 g/mol. The van der Waals surface area contributed by atoms with Gasteiger partial charge in [0.2, 0.25) is 5.91 Å². The van der Waals surface area contributed by atoms with E-state index >= 15 is 0 Å². The van der Waals surface area contributed by atoms with Gasteiger partial charge in [0.25, 0.3) is 0 Å². The Hall–Kier alpha value is -3.11. The van der Waals surface area contributed by atoms with Crippen LogP contribution in [0.15, 0.2) is 72.8 Å². The predicted octanol–water partition coefficient (Wildman–Crippen LogP) is 6.29. The molecule has 0 bridgehead atoms. The molecule has 3 aromatic carbocycles. The van der Waals surface area contributed by atoms with Crippen molar-refractivity contribution in [3.8, 4) is 11.4 Å². The molecule has 152 valence electrons. The first-order valence-electron chi connectivity index (χ1n) is 9.93. The van der Waals surface area contributed by atoms with Gasteiger partial charge in [-0.25, -0.2) is 4.98 Å². The standard InChI is InChI=1S/C25H24ClN3O/c1-25(2,3)18-10-8-17(9-11-18)24-28-21-6-4-5-7-22(21)29(24)16-23(30)27-20-14-12-19(26)13-15-20/h4-15H,16H2,1-3H3,(H,27,30). The normalized spacial score (nSPS) is 11.6. The van der Waals surface area contributed by atoms with Crippen LogP contribution in [-0.2, 0) is 16.8 Å². The lowest BCUT2D eigenvalue weighted by Crippen LogP contribution is -2.19. The van der Waals surface area contributed by atoms with E-state index in [4.69, 9.17) is 16.6 Å². The number of anilines is 1. The van der Waals surface area contributed by atoms with Crippen LogP contribution in [0, 0.1) is 0 Å². The van der Waals surface area contributed by atoms with E-state index in [-0.39, 0.29) is 17.9 Å². The third kappa shape index (κ3) is 4.24. The molecule has 1 heterocycles. The number of amides is 1. The summed E-state index contributed by atoms with van der Waals surface area (Å²) in [5.41, 5.74) is 4.83. The molecule has 0 spiro atoms. The molecule has 4 nitrogen and oxygen atoms in total. The largest absolute Gasteiger partial charge is 0.325 e. The number of carbonyl (C=O) groups excluding carboxylic acids is 1. The zero-order chi connectivity index (χ0) is 21.3. The second kappa shape index (κ2) is 7.96. The molecule has 4 aromatic rings. The summed E-state index contributed by atoms with van der Waals surface area (Å²) in [7, 11) is 0. The molecule has 4 rings (SSSR count). The van der Waals surface area contributed by atoms with Crippen molar-refractivity contribution in [2.75, 3.05) is 5.32 Å². The van der Waals surface area contributed by atoms with Crippen LogP contribution in [0.4, 0.5) is 5.69 Å². The lowest BCUT2D eigenvalue weighted by Gasteiger charge is -2.19. The molecule has 1 amide bonds. The highest BCUT2D eigenvalue weighted by Crippen LogP contribution is 2.28. The van der Waals surface area contributed by atoms with Crippen molar-refractivity contribution in [2.45, 2.75) is 32.7 Å². The number of rotatable bonds is 4. The van der Waals surface area contributed by atoms with Crippen LogP contribution in [0.2, 0.25) is 5.02 Å². The van der Waals surface area contributed by atoms with Crippen LogP contribution in [0.3, 0.4) is 0 Å². The maximum Gasteiger partial charge on any atom is 0.244 e. The van der Waals surface area contributed by atoms with Gasteiger partial charge in [-0.1, -0.05) is 68.8 Å². The number of carbonyl (C=O) groups is 1. The summed E-state index contributed by atoms with van der Waals surface area (Å²) in [6.45, 7) is 6.74. The Morgan fingerprint density at radius 1 is 0.967 bits per heavy atom. The van der Waals surface area contributed by atoms with Gasteiger partial charge in [-0.2, -0.15) is 0 Å². The molecule has 1 N–H and O–H groups in total. The number of benzene rings is 3. The summed E-state index contributed by atoms with van der Waals surface area (Å²) in [4.78, 5) is 17.6. The molecule has 0 atom stereocenters. The fraction of sp³-hybridized carbons (Fsp3) is 0.200. The number of para-hydroxylation sites is 2. The minimum Gasteiger partial charge on any atom is -0.325 e. The fourth-order valence-electron chi connectivity index (χ4n) is 3.45. The molecule has 0 saturated carbocycles. The molecular weight excluding hydrogens is 394 g/mol. The highest BCUT2D eigenvalue weighted by atomic mass is 35.5. The lowest BCUT2D eigenvalue weighted by atomic mass is 9.87. The van der Waals surface area contributed by atoms with E-state index < -0.39 is 0 Å². The van der Waals surface area contributed by atoms with Crippen molar-refractivity contribution in [1.82, 2.24) is 9.55 Å². The summed E-state index contributed by atoms with van der Waals surface area (Å²) < 4.78 is 1.96. The molecule has 0 unspecified atom stereocenters. The molecular formula is C25H24ClN3O. The Balaban J connectivity index is 1.68. The van der Waals surface area contributed by atoms with E-state index in [9.17, 15) is 4.79 Å². The average Bonchev–Trinajstić information content (AvgIpc) is 3.08. The van der Waals surface area contributed by atoms with Gasteiger partial charge in [-0.05, 0) is 47.4 Å². The van der Waals surface area contributed by atoms with Gasteiger partial charge in [-0.3, -0.25) is 4.79 Å². The second-order valence-electron chi connectivity index (χ2n) is 8.39. The number of imidazole rings is 1. The Morgan fingerprint density at radius 2 is 1.63 bits per heavy atom. The van der Waals surface area contributed by atoms with Crippen molar-refractivity contribution in [3.63, 3.8) is 0 Å². The van der Waals surface area contributed by atoms with Gasteiger partial charge in [0.15, 0.2) is 0 Å².